The maximum atomic E-state index is 12.3. The molecule has 1 aromatic rings. The lowest BCUT2D eigenvalue weighted by Crippen LogP contribution is -2.45. The van der Waals surface area contributed by atoms with Gasteiger partial charge in [-0.2, -0.15) is 0 Å². The number of thiophene rings is 1. The Labute approximate surface area is 116 Å². The highest BCUT2D eigenvalue weighted by atomic mass is 32.2. The van der Waals surface area contributed by atoms with E-state index in [2.05, 4.69) is 0 Å². The molecule has 1 aliphatic rings. The first-order valence-corrected chi connectivity index (χ1v) is 8.33. The second-order valence-electron chi connectivity index (χ2n) is 4.73. The van der Waals surface area contributed by atoms with Crippen molar-refractivity contribution in [1.82, 2.24) is 4.90 Å². The number of nitrogens with zero attached hydrogens (tertiary/aromatic N) is 1. The molecule has 106 valence electrons. The standard InChI is InChI=1S/C11H17N3O3S2/c1-7-10(19(13,16)17)5-9(18-7)11(15)14-4-2-3-8(12)6-14/h5,8H,2-4,6,12H2,1H3,(H2,13,16,17)/t8-/m0/s1. The van der Waals surface area contributed by atoms with Crippen LogP contribution in [0.4, 0.5) is 0 Å². The Morgan fingerprint density at radius 1 is 1.53 bits per heavy atom. The molecule has 1 aromatic heterocycles. The Balaban J connectivity index is 2.25. The van der Waals surface area contributed by atoms with Crippen LogP contribution in [0.15, 0.2) is 11.0 Å². The summed E-state index contributed by atoms with van der Waals surface area (Å²) >= 11 is 1.15. The van der Waals surface area contributed by atoms with E-state index in [0.29, 0.717) is 22.8 Å². The second-order valence-corrected chi connectivity index (χ2v) is 7.52. The summed E-state index contributed by atoms with van der Waals surface area (Å²) in [4.78, 5) is 14.9. The highest BCUT2D eigenvalue weighted by molar-refractivity contribution is 7.89. The minimum atomic E-state index is -3.77. The van der Waals surface area contributed by atoms with Gasteiger partial charge in [0.2, 0.25) is 10.0 Å². The smallest absolute Gasteiger partial charge is 0.264 e. The molecule has 1 atom stereocenters. The maximum absolute atomic E-state index is 12.3. The number of likely N-dealkylation sites (tertiary alicyclic amines) is 1. The van der Waals surface area contributed by atoms with Crippen molar-refractivity contribution in [2.75, 3.05) is 13.1 Å². The van der Waals surface area contributed by atoms with E-state index in [9.17, 15) is 13.2 Å². The number of carbonyl (C=O) groups excluding carboxylic acids is 1. The van der Waals surface area contributed by atoms with Crippen LogP contribution < -0.4 is 10.9 Å². The molecule has 8 heteroatoms. The van der Waals surface area contributed by atoms with Gasteiger partial charge in [0.15, 0.2) is 0 Å². The summed E-state index contributed by atoms with van der Waals surface area (Å²) in [5, 5.41) is 5.11. The van der Waals surface area contributed by atoms with Gasteiger partial charge in [-0.3, -0.25) is 4.79 Å². The molecule has 0 aliphatic carbocycles. The molecule has 1 aliphatic heterocycles. The van der Waals surface area contributed by atoms with Crippen molar-refractivity contribution in [2.24, 2.45) is 10.9 Å². The maximum Gasteiger partial charge on any atom is 0.264 e. The number of piperidine rings is 1. The zero-order valence-corrected chi connectivity index (χ0v) is 12.3. The third-order valence-electron chi connectivity index (χ3n) is 3.13. The average Bonchev–Trinajstić information content (AvgIpc) is 2.70. The Kier molecular flexibility index (Phi) is 3.95. The van der Waals surface area contributed by atoms with Gasteiger partial charge in [-0.05, 0) is 25.8 Å². The fourth-order valence-corrected chi connectivity index (χ4v) is 4.32. The van der Waals surface area contributed by atoms with Crippen LogP contribution in [0.5, 0.6) is 0 Å². The van der Waals surface area contributed by atoms with Crippen molar-refractivity contribution < 1.29 is 13.2 Å². The van der Waals surface area contributed by atoms with Crippen LogP contribution in [0.2, 0.25) is 0 Å². The van der Waals surface area contributed by atoms with Crippen LogP contribution in [0.1, 0.15) is 27.4 Å². The minimum Gasteiger partial charge on any atom is -0.336 e. The molecule has 0 spiro atoms. The van der Waals surface area contributed by atoms with Gasteiger partial charge in [-0.15, -0.1) is 11.3 Å². The van der Waals surface area contributed by atoms with Gasteiger partial charge in [0.1, 0.15) is 0 Å². The summed E-state index contributed by atoms with van der Waals surface area (Å²) in [5.74, 6) is -0.168. The summed E-state index contributed by atoms with van der Waals surface area (Å²) < 4.78 is 22.7. The van der Waals surface area contributed by atoms with Crippen LogP contribution in [0.3, 0.4) is 0 Å². The number of nitrogens with two attached hydrogens (primary N) is 2. The molecule has 0 bridgehead atoms. The number of primary sulfonamides is 1. The lowest BCUT2D eigenvalue weighted by Gasteiger charge is -2.30. The van der Waals surface area contributed by atoms with Crippen LogP contribution in [-0.4, -0.2) is 38.4 Å². The molecule has 1 fully saturated rings. The Hall–Kier alpha value is -0.960. The SMILES string of the molecule is Cc1sc(C(=O)N2CCC[C@H](N)C2)cc1S(N)(=O)=O. The van der Waals surface area contributed by atoms with Crippen molar-refractivity contribution in [1.29, 1.82) is 0 Å². The zero-order chi connectivity index (χ0) is 14.2. The van der Waals surface area contributed by atoms with E-state index >= 15 is 0 Å². The van der Waals surface area contributed by atoms with Gasteiger partial charge in [-0.1, -0.05) is 0 Å². The zero-order valence-electron chi connectivity index (χ0n) is 10.6. The number of aryl methyl sites for hydroxylation is 1. The first-order valence-electron chi connectivity index (χ1n) is 5.97. The number of hydrogen-bond donors (Lipinski definition) is 2. The Morgan fingerprint density at radius 3 is 2.74 bits per heavy atom. The monoisotopic (exact) mass is 303 g/mol. The number of rotatable bonds is 2. The van der Waals surface area contributed by atoms with E-state index < -0.39 is 10.0 Å². The number of amides is 1. The van der Waals surface area contributed by atoms with E-state index in [4.69, 9.17) is 10.9 Å². The second kappa shape index (κ2) is 5.20. The van der Waals surface area contributed by atoms with Crippen molar-refractivity contribution in [3.05, 3.63) is 15.8 Å². The van der Waals surface area contributed by atoms with E-state index in [-0.39, 0.29) is 16.8 Å². The summed E-state index contributed by atoms with van der Waals surface area (Å²) in [6, 6.07) is 1.36. The predicted octanol–water partition coefficient (Wildman–Crippen LogP) is 0.267. The molecule has 0 unspecified atom stereocenters. The number of hydrogen-bond acceptors (Lipinski definition) is 5. The molecule has 2 rings (SSSR count). The minimum absolute atomic E-state index is 0.00327. The normalized spacial score (nSPS) is 20.6. The number of sulfonamides is 1. The summed E-state index contributed by atoms with van der Waals surface area (Å²) in [6.07, 6.45) is 1.79. The first-order chi connectivity index (χ1) is 8.79. The summed E-state index contributed by atoms with van der Waals surface area (Å²) in [6.45, 7) is 2.82. The highest BCUT2D eigenvalue weighted by Crippen LogP contribution is 2.26. The summed E-state index contributed by atoms with van der Waals surface area (Å²) in [7, 11) is -3.77. The van der Waals surface area contributed by atoms with Crippen molar-refractivity contribution >= 4 is 27.3 Å². The molecule has 0 radical (unpaired) electrons. The topological polar surface area (TPSA) is 106 Å². The molecule has 6 nitrogen and oxygen atoms in total. The largest absolute Gasteiger partial charge is 0.336 e. The van der Waals surface area contributed by atoms with Gasteiger partial charge in [-0.25, -0.2) is 13.6 Å². The lowest BCUT2D eigenvalue weighted by molar-refractivity contribution is 0.0713. The molecule has 19 heavy (non-hydrogen) atoms. The molecular weight excluding hydrogens is 286 g/mol. The Morgan fingerprint density at radius 2 is 2.21 bits per heavy atom. The van der Waals surface area contributed by atoms with E-state index in [1.165, 1.54) is 6.07 Å². The van der Waals surface area contributed by atoms with Crippen molar-refractivity contribution in [2.45, 2.75) is 30.7 Å². The third-order valence-corrected chi connectivity index (χ3v) is 5.34. The van der Waals surface area contributed by atoms with Crippen LogP contribution in [-0.2, 0) is 10.0 Å². The van der Waals surface area contributed by atoms with Gasteiger partial charge in [0.05, 0.1) is 9.77 Å². The Bertz CT molecular complexity index is 594. The fourth-order valence-electron chi connectivity index (χ4n) is 2.20. The molecule has 1 amide bonds. The number of carbonyl (C=O) groups is 1. The summed E-state index contributed by atoms with van der Waals surface area (Å²) in [5.41, 5.74) is 5.84. The molecular formula is C11H17N3O3S2. The van der Waals surface area contributed by atoms with Crippen molar-refractivity contribution in [3.8, 4) is 0 Å². The third kappa shape index (κ3) is 3.14. The lowest BCUT2D eigenvalue weighted by atomic mass is 10.1. The van der Waals surface area contributed by atoms with Crippen LogP contribution in [0.25, 0.3) is 0 Å². The van der Waals surface area contributed by atoms with Crippen molar-refractivity contribution in [3.63, 3.8) is 0 Å². The van der Waals surface area contributed by atoms with E-state index in [1.54, 1.807) is 11.8 Å². The molecule has 0 aromatic carbocycles. The quantitative estimate of drug-likeness (QED) is 0.817. The van der Waals surface area contributed by atoms with Gasteiger partial charge in [0, 0.05) is 24.0 Å². The molecule has 1 saturated heterocycles. The average molecular weight is 303 g/mol. The molecule has 0 saturated carbocycles. The predicted molar refractivity (Wildman–Crippen MR) is 73.5 cm³/mol. The van der Waals surface area contributed by atoms with Crippen LogP contribution >= 0.6 is 11.3 Å². The highest BCUT2D eigenvalue weighted by Gasteiger charge is 2.25. The van der Waals surface area contributed by atoms with E-state index in [1.807, 2.05) is 0 Å². The van der Waals surface area contributed by atoms with Gasteiger partial charge in [0.25, 0.3) is 5.91 Å². The molecule has 2 heterocycles. The molecule has 4 N–H and O–H groups in total. The van der Waals surface area contributed by atoms with Gasteiger partial charge >= 0.3 is 0 Å². The van der Waals surface area contributed by atoms with Gasteiger partial charge < -0.3 is 10.6 Å². The first kappa shape index (κ1) is 14.4. The van der Waals surface area contributed by atoms with Crippen LogP contribution in [0, 0.1) is 6.92 Å². The van der Waals surface area contributed by atoms with E-state index in [0.717, 1.165) is 24.2 Å². The fraction of sp³-hybridized carbons (Fsp3) is 0.545.